The number of hydrogen-bond donors (Lipinski definition) is 1. The lowest BCUT2D eigenvalue weighted by atomic mass is 10.1. The normalized spacial score (nSPS) is 10.9. The molecule has 1 aromatic heterocycles. The Hall–Kier alpha value is -1.87. The fourth-order valence-electron chi connectivity index (χ4n) is 2.24. The van der Waals surface area contributed by atoms with Crippen LogP contribution < -0.4 is 5.73 Å². The van der Waals surface area contributed by atoms with Gasteiger partial charge in [-0.3, -0.25) is 9.88 Å². The molecule has 0 saturated heterocycles. The topological polar surface area (TPSA) is 42.1 Å². The van der Waals surface area contributed by atoms with Crippen molar-refractivity contribution in [1.82, 2.24) is 9.88 Å². The van der Waals surface area contributed by atoms with E-state index < -0.39 is 0 Å². The number of nitrogens with two attached hydrogens (primary N) is 1. The molecule has 0 amide bonds. The predicted molar refractivity (Wildman–Crippen MR) is 84.5 cm³/mol. The molecule has 106 valence electrons. The Kier molecular flexibility index (Phi) is 5.13. The number of hydrogen-bond acceptors (Lipinski definition) is 3. The number of benzene rings is 1. The lowest BCUT2D eigenvalue weighted by Gasteiger charge is -2.20. The molecule has 0 aliphatic carbocycles. The summed E-state index contributed by atoms with van der Waals surface area (Å²) in [5, 5.41) is 0. The summed E-state index contributed by atoms with van der Waals surface area (Å²) in [6, 6.07) is 14.3. The maximum Gasteiger partial charge on any atom is 0.0547 e. The van der Waals surface area contributed by atoms with Crippen LogP contribution in [0.5, 0.6) is 0 Å². The molecule has 0 bridgehead atoms. The Morgan fingerprint density at radius 1 is 1.10 bits per heavy atom. The third kappa shape index (κ3) is 4.35. The molecule has 3 heteroatoms. The van der Waals surface area contributed by atoms with Crippen molar-refractivity contribution in [3.05, 3.63) is 59.4 Å². The average molecular weight is 269 g/mol. The first-order valence-corrected chi connectivity index (χ1v) is 7.16. The highest BCUT2D eigenvalue weighted by molar-refractivity contribution is 5.39. The van der Waals surface area contributed by atoms with Crippen molar-refractivity contribution in [3.63, 3.8) is 0 Å². The van der Waals surface area contributed by atoms with Crippen molar-refractivity contribution in [3.8, 4) is 0 Å². The van der Waals surface area contributed by atoms with E-state index in [4.69, 9.17) is 5.73 Å². The van der Waals surface area contributed by atoms with Crippen LogP contribution in [0.3, 0.4) is 0 Å². The van der Waals surface area contributed by atoms with Crippen molar-refractivity contribution in [2.75, 3.05) is 18.8 Å². The molecule has 2 rings (SSSR count). The summed E-state index contributed by atoms with van der Waals surface area (Å²) in [4.78, 5) is 6.98. The van der Waals surface area contributed by atoms with E-state index in [1.54, 1.807) is 0 Å². The zero-order valence-electron chi connectivity index (χ0n) is 12.3. The number of likely N-dealkylation sites (N-methyl/N-ethyl adjacent to an activating group) is 1. The van der Waals surface area contributed by atoms with Gasteiger partial charge in [-0.25, -0.2) is 0 Å². The zero-order valence-corrected chi connectivity index (χ0v) is 12.3. The summed E-state index contributed by atoms with van der Waals surface area (Å²) in [5.74, 6) is 0. The quantitative estimate of drug-likeness (QED) is 0.820. The zero-order chi connectivity index (χ0) is 14.4. The maximum atomic E-state index is 5.71. The summed E-state index contributed by atoms with van der Waals surface area (Å²) in [6.07, 6.45) is 1.04. The van der Waals surface area contributed by atoms with E-state index >= 15 is 0 Å². The van der Waals surface area contributed by atoms with Crippen LogP contribution in [0.4, 0.5) is 5.69 Å². The minimum Gasteiger partial charge on any atom is -0.399 e. The molecule has 0 spiro atoms. The van der Waals surface area contributed by atoms with Crippen LogP contribution in [-0.2, 0) is 13.0 Å². The molecule has 2 aromatic rings. The number of rotatable bonds is 6. The number of pyridine rings is 1. The van der Waals surface area contributed by atoms with Gasteiger partial charge in [0, 0.05) is 24.5 Å². The van der Waals surface area contributed by atoms with Gasteiger partial charge >= 0.3 is 0 Å². The van der Waals surface area contributed by atoms with Gasteiger partial charge in [0.25, 0.3) is 0 Å². The van der Waals surface area contributed by atoms with E-state index in [9.17, 15) is 0 Å². The van der Waals surface area contributed by atoms with E-state index in [0.717, 1.165) is 43.1 Å². The molecular formula is C17H23N3. The molecule has 2 N–H and O–H groups in total. The summed E-state index contributed by atoms with van der Waals surface area (Å²) in [5.41, 5.74) is 10.1. The average Bonchev–Trinajstić information content (AvgIpc) is 2.45. The number of aromatic nitrogens is 1. The number of aryl methyl sites for hydroxylation is 1. The molecule has 20 heavy (non-hydrogen) atoms. The molecule has 1 heterocycles. The van der Waals surface area contributed by atoms with Gasteiger partial charge < -0.3 is 5.73 Å². The Labute approximate surface area is 121 Å². The van der Waals surface area contributed by atoms with Crippen molar-refractivity contribution in [2.45, 2.75) is 26.8 Å². The second kappa shape index (κ2) is 7.06. The van der Waals surface area contributed by atoms with Crippen LogP contribution in [0.2, 0.25) is 0 Å². The monoisotopic (exact) mass is 269 g/mol. The van der Waals surface area contributed by atoms with Gasteiger partial charge in [0.2, 0.25) is 0 Å². The van der Waals surface area contributed by atoms with Gasteiger partial charge in [0.15, 0.2) is 0 Å². The van der Waals surface area contributed by atoms with Crippen molar-refractivity contribution >= 4 is 5.69 Å². The second-order valence-electron chi connectivity index (χ2n) is 5.13. The fourth-order valence-corrected chi connectivity index (χ4v) is 2.24. The van der Waals surface area contributed by atoms with Crippen LogP contribution in [0, 0.1) is 6.92 Å². The maximum absolute atomic E-state index is 5.71. The van der Waals surface area contributed by atoms with Gasteiger partial charge in [0.05, 0.1) is 5.69 Å². The molecule has 0 unspecified atom stereocenters. The van der Waals surface area contributed by atoms with Crippen LogP contribution in [0.1, 0.15) is 23.9 Å². The van der Waals surface area contributed by atoms with Crippen molar-refractivity contribution in [2.24, 2.45) is 0 Å². The molecule has 3 nitrogen and oxygen atoms in total. The second-order valence-corrected chi connectivity index (χ2v) is 5.13. The molecule has 0 aliphatic rings. The third-order valence-corrected chi connectivity index (χ3v) is 3.48. The summed E-state index contributed by atoms with van der Waals surface area (Å²) < 4.78 is 0. The van der Waals surface area contributed by atoms with Gasteiger partial charge in [-0.05, 0) is 49.7 Å². The Morgan fingerprint density at radius 3 is 2.50 bits per heavy atom. The SMILES string of the molecule is CCN(CCc1ccc(N)cc1)Cc1cccc(C)n1. The van der Waals surface area contributed by atoms with E-state index in [0.29, 0.717) is 0 Å². The largest absolute Gasteiger partial charge is 0.399 e. The highest BCUT2D eigenvalue weighted by Gasteiger charge is 2.05. The number of nitrogen functional groups attached to an aromatic ring is 1. The van der Waals surface area contributed by atoms with Gasteiger partial charge in [-0.1, -0.05) is 25.1 Å². The molecule has 0 radical (unpaired) electrons. The molecule has 0 aliphatic heterocycles. The number of nitrogens with zero attached hydrogens (tertiary/aromatic N) is 2. The predicted octanol–water partition coefficient (Wildman–Crippen LogP) is 3.04. The molecule has 0 fully saturated rings. The first-order chi connectivity index (χ1) is 9.67. The van der Waals surface area contributed by atoms with Crippen LogP contribution >= 0.6 is 0 Å². The van der Waals surface area contributed by atoms with Crippen LogP contribution in [0.25, 0.3) is 0 Å². The highest BCUT2D eigenvalue weighted by Crippen LogP contribution is 2.08. The van der Waals surface area contributed by atoms with Crippen LogP contribution in [-0.4, -0.2) is 23.0 Å². The van der Waals surface area contributed by atoms with E-state index in [-0.39, 0.29) is 0 Å². The summed E-state index contributed by atoms with van der Waals surface area (Å²) in [7, 11) is 0. The lowest BCUT2D eigenvalue weighted by molar-refractivity contribution is 0.280. The van der Waals surface area contributed by atoms with Gasteiger partial charge in [-0.15, -0.1) is 0 Å². The first-order valence-electron chi connectivity index (χ1n) is 7.16. The lowest BCUT2D eigenvalue weighted by Crippen LogP contribution is -2.25. The molecule has 1 aromatic carbocycles. The minimum atomic E-state index is 0.824. The molecule has 0 saturated carbocycles. The van der Waals surface area contributed by atoms with Gasteiger partial charge in [0.1, 0.15) is 0 Å². The summed E-state index contributed by atoms with van der Waals surface area (Å²) >= 11 is 0. The Bertz CT molecular complexity index is 534. The summed E-state index contributed by atoms with van der Waals surface area (Å²) in [6.45, 7) is 7.21. The van der Waals surface area contributed by atoms with E-state index in [1.807, 2.05) is 25.1 Å². The first kappa shape index (κ1) is 14.5. The number of anilines is 1. The molecular weight excluding hydrogens is 246 g/mol. The molecule has 0 atom stereocenters. The van der Waals surface area contributed by atoms with Crippen LogP contribution in [0.15, 0.2) is 42.5 Å². The highest BCUT2D eigenvalue weighted by atomic mass is 15.1. The van der Waals surface area contributed by atoms with E-state index in [2.05, 4.69) is 41.1 Å². The van der Waals surface area contributed by atoms with Gasteiger partial charge in [-0.2, -0.15) is 0 Å². The standard InChI is InChI=1S/C17H23N3/c1-3-20(13-17-6-4-5-14(2)19-17)12-11-15-7-9-16(18)10-8-15/h4-10H,3,11-13,18H2,1-2H3. The minimum absolute atomic E-state index is 0.824. The third-order valence-electron chi connectivity index (χ3n) is 3.48. The van der Waals surface area contributed by atoms with Crippen molar-refractivity contribution < 1.29 is 0 Å². The van der Waals surface area contributed by atoms with E-state index in [1.165, 1.54) is 5.56 Å². The smallest absolute Gasteiger partial charge is 0.0547 e. The van der Waals surface area contributed by atoms with Crippen molar-refractivity contribution in [1.29, 1.82) is 0 Å². The fraction of sp³-hybridized carbons (Fsp3) is 0.353. The Balaban J connectivity index is 1.90. The Morgan fingerprint density at radius 2 is 1.85 bits per heavy atom.